The number of carboxylic acid groups (broad SMARTS) is 1. The van der Waals surface area contributed by atoms with Gasteiger partial charge in [0.25, 0.3) is 0 Å². The van der Waals surface area contributed by atoms with Crippen LogP contribution in [0.2, 0.25) is 0 Å². The summed E-state index contributed by atoms with van der Waals surface area (Å²) < 4.78 is 5.35. The van der Waals surface area contributed by atoms with Gasteiger partial charge in [-0.25, -0.2) is 0 Å². The molecule has 0 bridgehead atoms. The van der Waals surface area contributed by atoms with Crippen molar-refractivity contribution in [2.75, 3.05) is 19.8 Å². The van der Waals surface area contributed by atoms with Gasteiger partial charge in [-0.15, -0.1) is 0 Å². The Morgan fingerprint density at radius 2 is 1.92 bits per heavy atom. The van der Waals surface area contributed by atoms with Gasteiger partial charge in [-0.2, -0.15) is 0 Å². The van der Waals surface area contributed by atoms with Crippen molar-refractivity contribution >= 4 is 11.9 Å². The van der Waals surface area contributed by atoms with Gasteiger partial charge in [-0.05, 0) is 43.6 Å². The first kappa shape index (κ1) is 19.4. The van der Waals surface area contributed by atoms with Crippen LogP contribution in [0.15, 0.2) is 30.3 Å². The zero-order valence-electron chi connectivity index (χ0n) is 15.0. The van der Waals surface area contributed by atoms with Crippen molar-refractivity contribution in [3.05, 3.63) is 35.9 Å². The predicted octanol–water partition coefficient (Wildman–Crippen LogP) is 3.13. The Labute approximate surface area is 149 Å². The molecule has 2 rings (SSSR count). The third kappa shape index (κ3) is 5.30. The topological polar surface area (TPSA) is 75.6 Å². The SMILES string of the molecule is CCC(CNC(=O)CCCC1CCOCC1)(C(=O)O)c1ccccc1. The van der Waals surface area contributed by atoms with Gasteiger partial charge in [0.2, 0.25) is 5.91 Å². The average Bonchev–Trinajstić information content (AvgIpc) is 2.64. The van der Waals surface area contributed by atoms with Crippen molar-refractivity contribution in [1.29, 1.82) is 0 Å². The molecule has 1 aliphatic heterocycles. The highest BCUT2D eigenvalue weighted by Gasteiger charge is 2.38. The van der Waals surface area contributed by atoms with Crippen LogP contribution in [0.3, 0.4) is 0 Å². The molecule has 0 aromatic heterocycles. The molecule has 1 heterocycles. The molecule has 0 spiro atoms. The molecule has 0 radical (unpaired) electrons. The first-order valence-corrected chi connectivity index (χ1v) is 9.22. The van der Waals surface area contributed by atoms with E-state index < -0.39 is 11.4 Å². The van der Waals surface area contributed by atoms with E-state index in [2.05, 4.69) is 5.32 Å². The number of hydrogen-bond donors (Lipinski definition) is 2. The van der Waals surface area contributed by atoms with E-state index in [0.29, 0.717) is 18.8 Å². The summed E-state index contributed by atoms with van der Waals surface area (Å²) in [5.74, 6) is -0.314. The zero-order chi connectivity index (χ0) is 18.1. The van der Waals surface area contributed by atoms with Crippen LogP contribution in [-0.2, 0) is 19.7 Å². The number of ether oxygens (including phenoxy) is 1. The minimum atomic E-state index is -1.07. The number of aliphatic carboxylic acids is 1. The van der Waals surface area contributed by atoms with Crippen molar-refractivity contribution < 1.29 is 19.4 Å². The molecule has 1 unspecified atom stereocenters. The lowest BCUT2D eigenvalue weighted by Gasteiger charge is -2.29. The molecule has 138 valence electrons. The lowest BCUT2D eigenvalue weighted by Crippen LogP contribution is -2.46. The molecule has 2 N–H and O–H groups in total. The van der Waals surface area contributed by atoms with E-state index in [9.17, 15) is 14.7 Å². The predicted molar refractivity (Wildman–Crippen MR) is 96.5 cm³/mol. The van der Waals surface area contributed by atoms with Gasteiger partial charge in [0.15, 0.2) is 0 Å². The molecule has 0 saturated carbocycles. The fourth-order valence-corrected chi connectivity index (χ4v) is 3.46. The molecule has 1 aliphatic rings. The molecule has 1 aromatic carbocycles. The van der Waals surface area contributed by atoms with E-state index in [-0.39, 0.29) is 12.5 Å². The Kier molecular flexibility index (Phi) is 7.44. The fourth-order valence-electron chi connectivity index (χ4n) is 3.46. The number of amides is 1. The molecular weight excluding hydrogens is 318 g/mol. The molecule has 1 amide bonds. The van der Waals surface area contributed by atoms with Crippen LogP contribution in [0.4, 0.5) is 0 Å². The lowest BCUT2D eigenvalue weighted by atomic mass is 9.78. The van der Waals surface area contributed by atoms with E-state index in [0.717, 1.165) is 44.5 Å². The maximum Gasteiger partial charge on any atom is 0.315 e. The molecule has 0 aliphatic carbocycles. The van der Waals surface area contributed by atoms with Crippen LogP contribution < -0.4 is 5.32 Å². The largest absolute Gasteiger partial charge is 0.481 e. The number of rotatable bonds is 9. The summed E-state index contributed by atoms with van der Waals surface area (Å²) in [7, 11) is 0. The molecule has 1 aromatic rings. The van der Waals surface area contributed by atoms with Crippen molar-refractivity contribution in [3.63, 3.8) is 0 Å². The van der Waals surface area contributed by atoms with Gasteiger partial charge < -0.3 is 15.2 Å². The lowest BCUT2D eigenvalue weighted by molar-refractivity contribution is -0.144. The van der Waals surface area contributed by atoms with Gasteiger partial charge in [0, 0.05) is 26.2 Å². The summed E-state index contributed by atoms with van der Waals surface area (Å²) >= 11 is 0. The molecule has 1 atom stereocenters. The monoisotopic (exact) mass is 347 g/mol. The van der Waals surface area contributed by atoms with Crippen molar-refractivity contribution in [1.82, 2.24) is 5.32 Å². The van der Waals surface area contributed by atoms with E-state index in [1.807, 2.05) is 37.3 Å². The zero-order valence-corrected chi connectivity index (χ0v) is 15.0. The summed E-state index contributed by atoms with van der Waals surface area (Å²) in [5, 5.41) is 12.6. The molecule has 1 fully saturated rings. The summed E-state index contributed by atoms with van der Waals surface area (Å²) in [4.78, 5) is 24.1. The quantitative estimate of drug-likeness (QED) is 0.719. The highest BCUT2D eigenvalue weighted by molar-refractivity contribution is 5.83. The van der Waals surface area contributed by atoms with Gasteiger partial charge in [0.1, 0.15) is 5.41 Å². The van der Waals surface area contributed by atoms with Crippen molar-refractivity contribution in [2.24, 2.45) is 5.92 Å². The molecule has 1 saturated heterocycles. The van der Waals surface area contributed by atoms with E-state index >= 15 is 0 Å². The number of hydrogen-bond acceptors (Lipinski definition) is 3. The van der Waals surface area contributed by atoms with Crippen molar-refractivity contribution in [3.8, 4) is 0 Å². The maximum atomic E-state index is 12.2. The van der Waals surface area contributed by atoms with Gasteiger partial charge in [-0.3, -0.25) is 9.59 Å². The molecule has 5 heteroatoms. The highest BCUT2D eigenvalue weighted by atomic mass is 16.5. The third-order valence-electron chi connectivity index (χ3n) is 5.28. The fraction of sp³-hybridized carbons (Fsp3) is 0.600. The van der Waals surface area contributed by atoms with Crippen LogP contribution in [0, 0.1) is 5.92 Å². The first-order valence-electron chi connectivity index (χ1n) is 9.22. The second kappa shape index (κ2) is 9.56. The van der Waals surface area contributed by atoms with Crippen LogP contribution >= 0.6 is 0 Å². The van der Waals surface area contributed by atoms with Crippen LogP contribution in [0.5, 0.6) is 0 Å². The second-order valence-corrected chi connectivity index (χ2v) is 6.83. The van der Waals surface area contributed by atoms with Gasteiger partial charge in [0.05, 0.1) is 0 Å². The Morgan fingerprint density at radius 1 is 1.24 bits per heavy atom. The number of benzene rings is 1. The Balaban J connectivity index is 1.85. The van der Waals surface area contributed by atoms with Gasteiger partial charge >= 0.3 is 5.97 Å². The summed E-state index contributed by atoms with van der Waals surface area (Å²) in [6.07, 6.45) is 4.91. The first-order chi connectivity index (χ1) is 12.1. The van der Waals surface area contributed by atoms with E-state index in [1.54, 1.807) is 0 Å². The normalized spacial score (nSPS) is 17.6. The van der Waals surface area contributed by atoms with E-state index in [4.69, 9.17) is 4.74 Å². The number of carbonyl (C=O) groups excluding carboxylic acids is 1. The number of carboxylic acids is 1. The average molecular weight is 347 g/mol. The molecular formula is C20H29NO4. The minimum Gasteiger partial charge on any atom is -0.481 e. The van der Waals surface area contributed by atoms with Crippen molar-refractivity contribution in [2.45, 2.75) is 50.9 Å². The van der Waals surface area contributed by atoms with E-state index in [1.165, 1.54) is 0 Å². The van der Waals surface area contributed by atoms with Crippen LogP contribution in [0.1, 0.15) is 51.0 Å². The number of nitrogens with one attached hydrogen (secondary N) is 1. The standard InChI is InChI=1S/C20H29NO4/c1-2-20(19(23)24,17-8-4-3-5-9-17)15-21-18(22)10-6-7-16-11-13-25-14-12-16/h3-5,8-9,16H,2,6-7,10-15H2,1H3,(H,21,22)(H,23,24). The Morgan fingerprint density at radius 3 is 2.52 bits per heavy atom. The van der Waals surface area contributed by atoms with Crippen LogP contribution in [-0.4, -0.2) is 36.7 Å². The minimum absolute atomic E-state index is 0.0675. The van der Waals surface area contributed by atoms with Crippen LogP contribution in [0.25, 0.3) is 0 Å². The summed E-state index contributed by atoms with van der Waals surface area (Å²) in [6.45, 7) is 3.62. The molecule has 25 heavy (non-hydrogen) atoms. The second-order valence-electron chi connectivity index (χ2n) is 6.83. The maximum absolute atomic E-state index is 12.2. The summed E-state index contributed by atoms with van der Waals surface area (Å²) in [6, 6.07) is 9.15. The Bertz CT molecular complexity index is 554. The smallest absolute Gasteiger partial charge is 0.315 e. The Hall–Kier alpha value is -1.88. The van der Waals surface area contributed by atoms with Gasteiger partial charge in [-0.1, -0.05) is 37.3 Å². The summed E-state index contributed by atoms with van der Waals surface area (Å²) in [5.41, 5.74) is -0.343. The number of carbonyl (C=O) groups is 2. The third-order valence-corrected chi connectivity index (χ3v) is 5.28. The highest BCUT2D eigenvalue weighted by Crippen LogP contribution is 2.28. The molecule has 5 nitrogen and oxygen atoms in total.